The van der Waals surface area contributed by atoms with Crippen LogP contribution in [0.1, 0.15) is 21.5 Å². The molecule has 2 aromatic carbocycles. The van der Waals surface area contributed by atoms with Crippen LogP contribution >= 0.6 is 11.6 Å². The van der Waals surface area contributed by atoms with Crippen molar-refractivity contribution < 1.29 is 19.2 Å². The lowest BCUT2D eigenvalue weighted by atomic mass is 10.1. The van der Waals surface area contributed by atoms with Gasteiger partial charge in [0.1, 0.15) is 5.75 Å². The molecule has 0 bridgehead atoms. The van der Waals surface area contributed by atoms with Crippen LogP contribution in [0.3, 0.4) is 0 Å². The largest absolute Gasteiger partial charge is 0.483 e. The Morgan fingerprint density at radius 2 is 1.69 bits per heavy atom. The minimum absolute atomic E-state index is 0.132. The molecule has 0 saturated carbocycles. The third-order valence-corrected chi connectivity index (χ3v) is 3.65. The second kappa shape index (κ2) is 8.30. The number of rotatable bonds is 5. The summed E-state index contributed by atoms with van der Waals surface area (Å²) < 4.78 is 5.47. The predicted molar refractivity (Wildman–Crippen MR) is 95.1 cm³/mol. The molecular formula is C17H16ClN3O5. The molecule has 0 saturated heterocycles. The highest BCUT2D eigenvalue weighted by Gasteiger charge is 2.12. The van der Waals surface area contributed by atoms with E-state index in [4.69, 9.17) is 16.3 Å². The number of halogens is 1. The van der Waals surface area contributed by atoms with Gasteiger partial charge in [0.15, 0.2) is 6.61 Å². The van der Waals surface area contributed by atoms with E-state index in [1.54, 1.807) is 12.1 Å². The van der Waals surface area contributed by atoms with Crippen molar-refractivity contribution in [3.05, 3.63) is 68.2 Å². The fourth-order valence-corrected chi connectivity index (χ4v) is 2.56. The maximum absolute atomic E-state index is 11.9. The summed E-state index contributed by atoms with van der Waals surface area (Å²) in [5.74, 6) is -0.618. The van der Waals surface area contributed by atoms with E-state index in [2.05, 4.69) is 10.9 Å². The Bertz CT molecular complexity index is 829. The lowest BCUT2D eigenvalue weighted by Gasteiger charge is -2.13. The van der Waals surface area contributed by atoms with Crippen LogP contribution in [0.5, 0.6) is 5.75 Å². The molecule has 9 heteroatoms. The molecule has 26 heavy (non-hydrogen) atoms. The molecule has 8 nitrogen and oxygen atoms in total. The zero-order valence-electron chi connectivity index (χ0n) is 14.0. The molecule has 0 aliphatic rings. The summed E-state index contributed by atoms with van der Waals surface area (Å²) in [6.07, 6.45) is 0. The van der Waals surface area contributed by atoms with Crippen LogP contribution < -0.4 is 15.6 Å². The molecule has 0 unspecified atom stereocenters. The van der Waals surface area contributed by atoms with Crippen LogP contribution in [-0.4, -0.2) is 23.3 Å². The van der Waals surface area contributed by atoms with Crippen molar-refractivity contribution in [3.63, 3.8) is 0 Å². The zero-order valence-corrected chi connectivity index (χ0v) is 14.8. The van der Waals surface area contributed by atoms with Crippen molar-refractivity contribution in [3.8, 4) is 5.75 Å². The topological polar surface area (TPSA) is 111 Å². The van der Waals surface area contributed by atoms with Crippen LogP contribution in [0.4, 0.5) is 5.69 Å². The summed E-state index contributed by atoms with van der Waals surface area (Å²) in [7, 11) is 0. The Morgan fingerprint density at radius 3 is 2.23 bits per heavy atom. The second-order valence-corrected chi connectivity index (χ2v) is 5.90. The third kappa shape index (κ3) is 4.93. The number of nitrogens with one attached hydrogen (secondary N) is 2. The van der Waals surface area contributed by atoms with Gasteiger partial charge in [-0.15, -0.1) is 0 Å². The Kier molecular flexibility index (Phi) is 6.13. The number of aryl methyl sites for hydroxylation is 2. The number of amides is 2. The lowest BCUT2D eigenvalue weighted by molar-refractivity contribution is -0.384. The molecule has 0 fully saturated rings. The van der Waals surface area contributed by atoms with Crippen molar-refractivity contribution in [1.82, 2.24) is 10.9 Å². The zero-order chi connectivity index (χ0) is 19.3. The highest BCUT2D eigenvalue weighted by atomic mass is 35.5. The SMILES string of the molecule is Cc1cc(Cl)cc(C)c1OCC(=O)NNC(=O)c1ccc([N+](=O)[O-])cc1. The fraction of sp³-hybridized carbons (Fsp3) is 0.176. The van der Waals surface area contributed by atoms with E-state index in [0.29, 0.717) is 10.8 Å². The van der Waals surface area contributed by atoms with Crippen LogP contribution in [-0.2, 0) is 4.79 Å². The molecule has 0 aliphatic heterocycles. The number of non-ortho nitro benzene ring substituents is 1. The molecule has 0 spiro atoms. The number of nitro benzene ring substituents is 1. The molecule has 0 heterocycles. The minimum Gasteiger partial charge on any atom is -0.483 e. The van der Waals surface area contributed by atoms with E-state index in [9.17, 15) is 19.7 Å². The first-order valence-electron chi connectivity index (χ1n) is 7.51. The van der Waals surface area contributed by atoms with Crippen molar-refractivity contribution in [2.45, 2.75) is 13.8 Å². The van der Waals surface area contributed by atoms with E-state index < -0.39 is 16.7 Å². The van der Waals surface area contributed by atoms with Gasteiger partial charge in [-0.2, -0.15) is 0 Å². The number of benzene rings is 2. The van der Waals surface area contributed by atoms with Gasteiger partial charge in [0.2, 0.25) is 0 Å². The summed E-state index contributed by atoms with van der Waals surface area (Å²) in [5, 5.41) is 11.2. The molecule has 2 rings (SSSR count). The summed E-state index contributed by atoms with van der Waals surface area (Å²) >= 11 is 5.94. The van der Waals surface area contributed by atoms with E-state index >= 15 is 0 Å². The van der Waals surface area contributed by atoms with Crippen molar-refractivity contribution in [2.24, 2.45) is 0 Å². The molecule has 2 N–H and O–H groups in total. The molecule has 0 radical (unpaired) electrons. The standard InChI is InChI=1S/C17H16ClN3O5/c1-10-7-13(18)8-11(2)16(10)26-9-15(22)19-20-17(23)12-3-5-14(6-4-12)21(24)25/h3-8H,9H2,1-2H3,(H,19,22)(H,20,23). The Hall–Kier alpha value is -3.13. The summed E-state index contributed by atoms with van der Waals surface area (Å²) in [5.41, 5.74) is 6.04. The quantitative estimate of drug-likeness (QED) is 0.614. The average molecular weight is 378 g/mol. The van der Waals surface area contributed by atoms with Crippen LogP contribution in [0.25, 0.3) is 0 Å². The van der Waals surface area contributed by atoms with E-state index in [0.717, 1.165) is 11.1 Å². The second-order valence-electron chi connectivity index (χ2n) is 5.46. The number of nitro groups is 1. The highest BCUT2D eigenvalue weighted by Crippen LogP contribution is 2.26. The fourth-order valence-electron chi connectivity index (χ4n) is 2.23. The van der Waals surface area contributed by atoms with Gasteiger partial charge < -0.3 is 4.74 Å². The van der Waals surface area contributed by atoms with Gasteiger partial charge in [0.05, 0.1) is 4.92 Å². The number of nitrogens with zero attached hydrogens (tertiary/aromatic N) is 1. The van der Waals surface area contributed by atoms with Gasteiger partial charge in [-0.3, -0.25) is 30.6 Å². The minimum atomic E-state index is -0.605. The highest BCUT2D eigenvalue weighted by molar-refractivity contribution is 6.30. The monoisotopic (exact) mass is 377 g/mol. The maximum atomic E-state index is 11.9. The third-order valence-electron chi connectivity index (χ3n) is 3.43. The van der Waals surface area contributed by atoms with Gasteiger partial charge in [0, 0.05) is 22.7 Å². The summed E-state index contributed by atoms with van der Waals surface area (Å²) in [4.78, 5) is 33.7. The smallest absolute Gasteiger partial charge is 0.276 e. The van der Waals surface area contributed by atoms with Crippen molar-refractivity contribution in [2.75, 3.05) is 6.61 Å². The van der Waals surface area contributed by atoms with Crippen molar-refractivity contribution in [1.29, 1.82) is 0 Å². The van der Waals surface area contributed by atoms with E-state index in [1.807, 2.05) is 13.8 Å². The van der Waals surface area contributed by atoms with Crippen LogP contribution in [0.2, 0.25) is 5.02 Å². The number of hydrogen-bond acceptors (Lipinski definition) is 5. The normalized spacial score (nSPS) is 10.1. The molecular weight excluding hydrogens is 362 g/mol. The summed E-state index contributed by atoms with van der Waals surface area (Å²) in [6.45, 7) is 3.31. The molecule has 2 aromatic rings. The number of hydrogen-bond donors (Lipinski definition) is 2. The van der Waals surface area contributed by atoms with Crippen LogP contribution in [0, 0.1) is 24.0 Å². The molecule has 0 atom stereocenters. The number of hydrazine groups is 1. The van der Waals surface area contributed by atoms with Gasteiger partial charge in [-0.05, 0) is 49.2 Å². The Labute approximate surface area is 154 Å². The average Bonchev–Trinajstić information content (AvgIpc) is 2.58. The van der Waals surface area contributed by atoms with E-state index in [1.165, 1.54) is 24.3 Å². The van der Waals surface area contributed by atoms with Gasteiger partial charge in [-0.25, -0.2) is 0 Å². The van der Waals surface area contributed by atoms with Crippen LogP contribution in [0.15, 0.2) is 36.4 Å². The molecule has 0 aromatic heterocycles. The maximum Gasteiger partial charge on any atom is 0.276 e. The van der Waals surface area contributed by atoms with E-state index in [-0.39, 0.29) is 17.9 Å². The van der Waals surface area contributed by atoms with Gasteiger partial charge in [0.25, 0.3) is 17.5 Å². The van der Waals surface area contributed by atoms with Gasteiger partial charge >= 0.3 is 0 Å². The number of carbonyl (C=O) groups excluding carboxylic acids is 2. The first kappa shape index (κ1) is 19.2. The van der Waals surface area contributed by atoms with Crippen molar-refractivity contribution >= 4 is 29.1 Å². The first-order valence-corrected chi connectivity index (χ1v) is 7.89. The predicted octanol–water partition coefficient (Wildman–Crippen LogP) is 2.71. The number of ether oxygens (including phenoxy) is 1. The first-order chi connectivity index (χ1) is 12.3. The van der Waals surface area contributed by atoms with Gasteiger partial charge in [-0.1, -0.05) is 11.6 Å². The Morgan fingerprint density at radius 1 is 1.12 bits per heavy atom. The number of carbonyl (C=O) groups is 2. The molecule has 0 aliphatic carbocycles. The molecule has 2 amide bonds. The summed E-state index contributed by atoms with van der Waals surface area (Å²) in [6, 6.07) is 8.42. The Balaban J connectivity index is 1.87. The molecule has 136 valence electrons. The lowest BCUT2D eigenvalue weighted by Crippen LogP contribution is -2.43.